The number of alkyl halides is 3. The summed E-state index contributed by atoms with van der Waals surface area (Å²) in [5.41, 5.74) is 0. The maximum absolute atomic E-state index is 12.7. The van der Waals surface area contributed by atoms with Crippen molar-refractivity contribution in [3.05, 3.63) is 0 Å². The van der Waals surface area contributed by atoms with E-state index in [1.165, 1.54) is 6.92 Å². The number of nitrogens with zero attached hydrogens (tertiary/aromatic N) is 2. The summed E-state index contributed by atoms with van der Waals surface area (Å²) in [4.78, 5) is 0. The molecule has 0 bridgehead atoms. The molecular weight excluding hydrogens is 274 g/mol. The minimum Gasteiger partial charge on any atom is -0.211 e. The van der Waals surface area contributed by atoms with Crippen molar-refractivity contribution in [1.82, 2.24) is 3.71 Å². The van der Waals surface area contributed by atoms with Gasteiger partial charge in [-0.25, -0.2) is 8.42 Å². The SMILES string of the molecule is CCS(=O)(=O)N(CC#N)SC(F)(Cl)Cl. The molecule has 0 radical (unpaired) electrons. The first-order valence-electron chi connectivity index (χ1n) is 3.36. The summed E-state index contributed by atoms with van der Waals surface area (Å²) in [6, 6.07) is 1.57. The van der Waals surface area contributed by atoms with Crippen LogP contribution in [0, 0.1) is 11.3 Å². The predicted octanol–water partition coefficient (Wildman–Crippen LogP) is 1.87. The van der Waals surface area contributed by atoms with Crippen LogP contribution in [-0.4, -0.2) is 28.3 Å². The molecule has 0 aliphatic carbocycles. The lowest BCUT2D eigenvalue weighted by Crippen LogP contribution is -2.29. The Labute approximate surface area is 96.1 Å². The first-order valence-corrected chi connectivity index (χ1v) is 6.50. The second-order valence-corrected chi connectivity index (χ2v) is 7.34. The Morgan fingerprint density at radius 3 is 2.43 bits per heavy atom. The van der Waals surface area contributed by atoms with Gasteiger partial charge < -0.3 is 0 Å². The van der Waals surface area contributed by atoms with Gasteiger partial charge in [-0.15, -0.1) is 3.71 Å². The van der Waals surface area contributed by atoms with Crippen molar-refractivity contribution in [2.45, 2.75) is 10.8 Å². The Kier molecular flexibility index (Phi) is 5.47. The Hall–Kier alpha value is 0.260. The fraction of sp³-hybridized carbons (Fsp3) is 0.800. The van der Waals surface area contributed by atoms with Crippen LogP contribution in [0.2, 0.25) is 0 Å². The summed E-state index contributed by atoms with van der Waals surface area (Å²) in [6.07, 6.45) is 0. The summed E-state index contributed by atoms with van der Waals surface area (Å²) in [5.74, 6) is -0.258. The second-order valence-electron chi connectivity index (χ2n) is 2.06. The molecule has 0 fully saturated rings. The van der Waals surface area contributed by atoms with Crippen LogP contribution in [0.25, 0.3) is 0 Å². The van der Waals surface area contributed by atoms with E-state index in [1.54, 1.807) is 6.07 Å². The quantitative estimate of drug-likeness (QED) is 0.438. The molecule has 14 heavy (non-hydrogen) atoms. The zero-order chi connectivity index (χ0) is 11.4. The third kappa shape index (κ3) is 5.22. The van der Waals surface area contributed by atoms with E-state index in [4.69, 9.17) is 28.5 Å². The van der Waals surface area contributed by atoms with E-state index in [0.717, 1.165) is 0 Å². The van der Waals surface area contributed by atoms with Crippen LogP contribution in [0.5, 0.6) is 0 Å². The van der Waals surface area contributed by atoms with Crippen molar-refractivity contribution in [1.29, 1.82) is 5.26 Å². The molecular formula is C5H7Cl2FN2O2S2. The number of sulfonamides is 1. The highest BCUT2D eigenvalue weighted by Gasteiger charge is 2.33. The van der Waals surface area contributed by atoms with Crippen LogP contribution >= 0.6 is 35.1 Å². The minimum atomic E-state index is -3.69. The van der Waals surface area contributed by atoms with Crippen LogP contribution in [0.15, 0.2) is 0 Å². The lowest BCUT2D eigenvalue weighted by Gasteiger charge is -2.19. The highest BCUT2D eigenvalue weighted by atomic mass is 35.5. The zero-order valence-corrected chi connectivity index (χ0v) is 10.2. The lowest BCUT2D eigenvalue weighted by molar-refractivity contribution is 0.502. The Morgan fingerprint density at radius 1 is 1.64 bits per heavy atom. The molecule has 4 nitrogen and oxygen atoms in total. The Balaban J connectivity index is 4.73. The molecule has 0 amide bonds. The van der Waals surface area contributed by atoms with Gasteiger partial charge in [0.1, 0.15) is 6.54 Å². The average Bonchev–Trinajstić information content (AvgIpc) is 2.01. The summed E-state index contributed by atoms with van der Waals surface area (Å²) >= 11 is 9.99. The Bertz CT molecular complexity index is 322. The van der Waals surface area contributed by atoms with Crippen LogP contribution < -0.4 is 0 Å². The highest BCUT2D eigenvalue weighted by molar-refractivity contribution is 8.10. The topological polar surface area (TPSA) is 61.2 Å². The van der Waals surface area contributed by atoms with Gasteiger partial charge in [-0.05, 0) is 6.92 Å². The van der Waals surface area contributed by atoms with Gasteiger partial charge in [0.05, 0.1) is 11.8 Å². The number of rotatable bonds is 5. The summed E-state index contributed by atoms with van der Waals surface area (Å²) < 4.78 is 32.9. The van der Waals surface area contributed by atoms with Crippen LogP contribution in [-0.2, 0) is 10.0 Å². The van der Waals surface area contributed by atoms with E-state index in [1.807, 2.05) is 0 Å². The largest absolute Gasteiger partial charge is 0.319 e. The maximum Gasteiger partial charge on any atom is 0.319 e. The van der Waals surface area contributed by atoms with Gasteiger partial charge in [0.25, 0.3) is 0 Å². The van der Waals surface area contributed by atoms with Crippen molar-refractivity contribution in [3.63, 3.8) is 0 Å². The fourth-order valence-electron chi connectivity index (χ4n) is 0.505. The average molecular weight is 281 g/mol. The van der Waals surface area contributed by atoms with E-state index in [-0.39, 0.29) is 17.7 Å². The molecule has 0 saturated heterocycles. The highest BCUT2D eigenvalue weighted by Crippen LogP contribution is 2.39. The molecule has 82 valence electrons. The van der Waals surface area contributed by atoms with Gasteiger partial charge in [-0.2, -0.15) is 9.65 Å². The maximum atomic E-state index is 12.7. The van der Waals surface area contributed by atoms with E-state index in [0.29, 0.717) is 3.71 Å². The third-order valence-corrected chi connectivity index (χ3v) is 4.42. The molecule has 0 atom stereocenters. The van der Waals surface area contributed by atoms with E-state index >= 15 is 0 Å². The normalized spacial score (nSPS) is 12.9. The number of halogens is 3. The molecule has 0 N–H and O–H groups in total. The second kappa shape index (κ2) is 5.37. The minimum absolute atomic E-state index is 0.0450. The van der Waals surface area contributed by atoms with Crippen molar-refractivity contribution >= 4 is 45.2 Å². The van der Waals surface area contributed by atoms with Crippen LogP contribution in [0.3, 0.4) is 0 Å². The smallest absolute Gasteiger partial charge is 0.211 e. The molecule has 0 aromatic rings. The van der Waals surface area contributed by atoms with Crippen molar-refractivity contribution < 1.29 is 12.8 Å². The third-order valence-electron chi connectivity index (χ3n) is 1.08. The predicted molar refractivity (Wildman–Crippen MR) is 54.9 cm³/mol. The lowest BCUT2D eigenvalue weighted by atomic mass is 10.8. The molecule has 0 aliphatic rings. The van der Waals surface area contributed by atoms with Gasteiger partial charge >= 0.3 is 3.92 Å². The molecule has 0 spiro atoms. The first-order chi connectivity index (χ1) is 6.23. The number of hydrogen-bond acceptors (Lipinski definition) is 4. The summed E-state index contributed by atoms with van der Waals surface area (Å²) in [7, 11) is -3.69. The molecule has 0 aliphatic heterocycles. The molecule has 0 rings (SSSR count). The molecule has 9 heteroatoms. The monoisotopic (exact) mass is 280 g/mol. The van der Waals surface area contributed by atoms with Crippen LogP contribution in [0.1, 0.15) is 6.92 Å². The van der Waals surface area contributed by atoms with Crippen molar-refractivity contribution in [2.75, 3.05) is 12.3 Å². The standard InChI is InChI=1S/C5H7Cl2FN2O2S2/c1-2-14(11,12)10(4-3-9)13-5(6,7)8/h2,4H2,1H3. The summed E-state index contributed by atoms with van der Waals surface area (Å²) in [5, 5.41) is 8.31. The van der Waals surface area contributed by atoms with Gasteiger partial charge in [-0.3, -0.25) is 0 Å². The molecule has 0 heterocycles. The Morgan fingerprint density at radius 2 is 2.14 bits per heavy atom. The molecule has 0 aromatic heterocycles. The van der Waals surface area contributed by atoms with Crippen molar-refractivity contribution in [2.24, 2.45) is 0 Å². The van der Waals surface area contributed by atoms with E-state index in [2.05, 4.69) is 0 Å². The number of nitriles is 1. The molecule has 0 aromatic carbocycles. The zero-order valence-electron chi connectivity index (χ0n) is 7.08. The first kappa shape index (κ1) is 14.3. The van der Waals surface area contributed by atoms with E-state index in [9.17, 15) is 12.8 Å². The van der Waals surface area contributed by atoms with E-state index < -0.39 is 20.5 Å². The van der Waals surface area contributed by atoms with Gasteiger partial charge in [0.2, 0.25) is 10.0 Å². The van der Waals surface area contributed by atoms with Gasteiger partial charge in [-0.1, -0.05) is 23.2 Å². The van der Waals surface area contributed by atoms with Crippen molar-refractivity contribution in [3.8, 4) is 6.07 Å². The number of hydrogen-bond donors (Lipinski definition) is 0. The summed E-state index contributed by atoms with van der Waals surface area (Å²) in [6.45, 7) is 0.856. The van der Waals surface area contributed by atoms with Gasteiger partial charge in [0.15, 0.2) is 0 Å². The molecule has 0 unspecified atom stereocenters. The fourth-order valence-corrected chi connectivity index (χ4v) is 3.22. The van der Waals surface area contributed by atoms with Gasteiger partial charge in [0, 0.05) is 11.9 Å². The van der Waals surface area contributed by atoms with Crippen LogP contribution in [0.4, 0.5) is 4.39 Å². The molecule has 0 saturated carbocycles.